The van der Waals surface area contributed by atoms with Gasteiger partial charge in [-0.1, -0.05) is 42.5 Å². The Labute approximate surface area is 612 Å². The monoisotopic (exact) mass is 1500 g/mol. The first kappa shape index (κ1) is 64.4. The van der Waals surface area contributed by atoms with Crippen molar-refractivity contribution in [3.63, 3.8) is 0 Å². The van der Waals surface area contributed by atoms with Gasteiger partial charge in [0.2, 0.25) is 0 Å². The van der Waals surface area contributed by atoms with Crippen molar-refractivity contribution in [2.75, 3.05) is 43.3 Å². The minimum absolute atomic E-state index is 0.0993. The molecule has 510 valence electrons. The Kier molecular flexibility index (Phi) is 14.3. The normalized spacial score (nSPS) is 13.9. The van der Waals surface area contributed by atoms with Crippen LogP contribution in [0.2, 0.25) is 0 Å². The first-order chi connectivity index (χ1) is 50.9. The van der Waals surface area contributed by atoms with Gasteiger partial charge in [-0.05, 0) is 197 Å². The summed E-state index contributed by atoms with van der Waals surface area (Å²) in [4.78, 5) is 8.58. The van der Waals surface area contributed by atoms with Gasteiger partial charge in [-0.2, -0.15) is 0 Å². The standard InChI is InChI=1S/C79H40B3F12N5OS5/c1-101-37-25-59-68-61(27-37)98(76-52(91)15-7-16-53(76)92)71-40-23-35(83)19-21-66(40)104-78(71)81(68)43-31-42-56(33-57(43)95(59)73-46(85)9-4-10-47(73)86)96(74-48(87)11-5-12-49(74)88)63-29-39(103-3)30-65-70(63)80(42)45-32-44-58(34-64(45)100-65)97(75-50(89)13-6-14-51(75)90)60-26-38(102-2)28-62-69(60)82(44)79-72(41-24-36(84)20-22-67(41)105-79)99(62)77-54(93)17-8-18-55(77)94/h4-34H,1-3H3. The van der Waals surface area contributed by atoms with E-state index in [9.17, 15) is 0 Å². The Balaban J connectivity index is 0.933. The molecule has 0 saturated heterocycles. The molecular weight excluding hydrogens is 1460 g/mol. The van der Waals surface area contributed by atoms with Crippen molar-refractivity contribution in [3.05, 3.63) is 258 Å². The fourth-order valence-electron chi connectivity index (χ4n) is 16.6. The SMILES string of the molecule is CSc1cc2c3c(c1)N(c1c(F)cccc1F)c1cc4c(cc1B3c1cc3c(cc1O2)N(c1c(F)cccc1F)c1cc(SC)cc2c1B3c1sc3ccc(F)cc3c1N2c1c(F)cccc1F)B1c2sc3ccc(F)cc3c2N(c2c(F)cccc2F)c2cc(SC)cc(c21)N4c1c(F)cccc1F. The number of anilines is 15. The van der Waals surface area contributed by atoms with Crippen LogP contribution in [0.15, 0.2) is 203 Å². The Morgan fingerprint density at radius 3 is 0.971 bits per heavy atom. The molecule has 0 aliphatic carbocycles. The molecule has 0 spiro atoms. The van der Waals surface area contributed by atoms with Crippen molar-refractivity contribution in [2.45, 2.75) is 14.7 Å². The highest BCUT2D eigenvalue weighted by Crippen LogP contribution is 2.56. The number of hydrogen-bond donors (Lipinski definition) is 0. The van der Waals surface area contributed by atoms with Crippen LogP contribution in [0.5, 0.6) is 11.5 Å². The van der Waals surface area contributed by atoms with Crippen LogP contribution in [0, 0.1) is 69.8 Å². The Morgan fingerprint density at radius 2 is 0.600 bits per heavy atom. The van der Waals surface area contributed by atoms with Crippen LogP contribution in [-0.2, 0) is 0 Å². The summed E-state index contributed by atoms with van der Waals surface area (Å²) in [5.74, 6) is -10.9. The maximum atomic E-state index is 17.6. The van der Waals surface area contributed by atoms with Crippen LogP contribution in [0.4, 0.5) is 138 Å². The first-order valence-corrected chi connectivity index (χ1v) is 38.1. The van der Waals surface area contributed by atoms with E-state index in [1.165, 1.54) is 137 Å². The van der Waals surface area contributed by atoms with Crippen molar-refractivity contribution in [2.24, 2.45) is 0 Å². The predicted molar refractivity (Wildman–Crippen MR) is 406 cm³/mol. The highest BCUT2D eigenvalue weighted by atomic mass is 32.2. The molecule has 0 radical (unpaired) electrons. The number of hydrogen-bond acceptors (Lipinski definition) is 11. The average Bonchev–Trinajstić information content (AvgIpc) is 1.68. The fraction of sp³-hybridized carbons (Fsp3) is 0.0380. The molecule has 0 fully saturated rings. The zero-order chi connectivity index (χ0) is 71.8. The summed E-state index contributed by atoms with van der Waals surface area (Å²) in [6.45, 7) is -3.15. The molecule has 20 rings (SSSR count). The molecule has 0 unspecified atom stereocenters. The molecule has 0 atom stereocenters. The Morgan fingerprint density at radius 1 is 0.286 bits per heavy atom. The maximum absolute atomic E-state index is 17.6. The summed E-state index contributed by atoms with van der Waals surface area (Å²) in [5, 5.41) is 0.583. The van der Waals surface area contributed by atoms with Gasteiger partial charge < -0.3 is 29.2 Å². The van der Waals surface area contributed by atoms with E-state index in [1.54, 1.807) is 79.4 Å². The summed E-state index contributed by atoms with van der Waals surface area (Å²) in [6, 6.07) is 42.8. The van der Waals surface area contributed by atoms with Gasteiger partial charge in [-0.25, -0.2) is 52.7 Å². The molecule has 8 heterocycles. The zero-order valence-electron chi connectivity index (χ0n) is 54.4. The summed E-state index contributed by atoms with van der Waals surface area (Å²) < 4.78 is 215. The highest BCUT2D eigenvalue weighted by Gasteiger charge is 2.53. The number of ether oxygens (including phenoxy) is 1. The Bertz CT molecular complexity index is 6180. The molecule has 2 aromatic heterocycles. The molecule has 26 heteroatoms. The molecule has 0 N–H and O–H groups in total. The van der Waals surface area contributed by atoms with E-state index in [0.29, 0.717) is 77.3 Å². The van der Waals surface area contributed by atoms with Gasteiger partial charge in [-0.15, -0.1) is 58.0 Å². The third-order valence-electron chi connectivity index (χ3n) is 20.7. The molecule has 12 aromatic carbocycles. The number of halogens is 12. The lowest BCUT2D eigenvalue weighted by atomic mass is 9.30. The maximum Gasteiger partial charge on any atom is 0.264 e. The molecule has 0 bridgehead atoms. The molecule has 6 nitrogen and oxygen atoms in total. The second-order valence-corrected chi connectivity index (χ2v) is 30.8. The van der Waals surface area contributed by atoms with Gasteiger partial charge in [0.25, 0.3) is 20.1 Å². The van der Waals surface area contributed by atoms with Gasteiger partial charge in [0.05, 0.1) is 11.4 Å². The van der Waals surface area contributed by atoms with E-state index in [1.807, 2.05) is 12.1 Å². The van der Waals surface area contributed by atoms with E-state index in [-0.39, 0.29) is 73.8 Å². The van der Waals surface area contributed by atoms with Crippen LogP contribution >= 0.6 is 58.0 Å². The van der Waals surface area contributed by atoms with Gasteiger partial charge >= 0.3 is 0 Å². The number of rotatable bonds is 8. The van der Waals surface area contributed by atoms with Crippen LogP contribution < -0.4 is 77.0 Å². The molecular formula is C79H40B3F12N5OS5. The minimum Gasteiger partial charge on any atom is -0.458 e. The smallest absolute Gasteiger partial charge is 0.264 e. The van der Waals surface area contributed by atoms with Gasteiger partial charge in [0, 0.05) is 96.0 Å². The van der Waals surface area contributed by atoms with Crippen LogP contribution in [-0.4, -0.2) is 38.9 Å². The number of para-hydroxylation sites is 5. The fourth-order valence-corrected chi connectivity index (χ4v) is 20.6. The second-order valence-electron chi connectivity index (χ2n) is 26.0. The summed E-state index contributed by atoms with van der Waals surface area (Å²) in [6.07, 6.45) is 5.34. The Hall–Kier alpha value is -10.2. The first-order valence-electron chi connectivity index (χ1n) is 32.8. The van der Waals surface area contributed by atoms with Crippen molar-refractivity contribution >= 4 is 231 Å². The molecule has 0 amide bonds. The lowest BCUT2D eigenvalue weighted by Gasteiger charge is -2.46. The van der Waals surface area contributed by atoms with Gasteiger partial charge in [-0.3, -0.25) is 0 Å². The van der Waals surface area contributed by atoms with Crippen molar-refractivity contribution in [3.8, 4) is 11.5 Å². The number of fused-ring (bicyclic) bond motifs is 16. The summed E-state index contributed by atoms with van der Waals surface area (Å²) in [5.41, 5.74) is 1.61. The zero-order valence-corrected chi connectivity index (χ0v) is 58.4. The van der Waals surface area contributed by atoms with Crippen molar-refractivity contribution in [1.29, 1.82) is 0 Å². The lowest BCUT2D eigenvalue weighted by Crippen LogP contribution is -2.65. The number of thiophene rings is 2. The number of nitrogens with zero attached hydrogens (tertiary/aromatic N) is 5. The van der Waals surface area contributed by atoms with Gasteiger partial charge in [0.1, 0.15) is 110 Å². The van der Waals surface area contributed by atoms with Crippen LogP contribution in [0.3, 0.4) is 0 Å². The third-order valence-corrected chi connectivity index (χ3v) is 25.3. The number of thioether (sulfide) groups is 3. The topological polar surface area (TPSA) is 25.4 Å². The number of benzene rings is 12. The van der Waals surface area contributed by atoms with E-state index in [4.69, 9.17) is 4.74 Å². The van der Waals surface area contributed by atoms with E-state index < -0.39 is 118 Å². The molecule has 14 aromatic rings. The minimum atomic E-state index is -1.10. The summed E-state index contributed by atoms with van der Waals surface area (Å²) >= 11 is 6.23. The highest BCUT2D eigenvalue weighted by molar-refractivity contribution is 7.99. The van der Waals surface area contributed by atoms with E-state index in [0.717, 1.165) is 60.7 Å². The summed E-state index contributed by atoms with van der Waals surface area (Å²) in [7, 11) is 0. The van der Waals surface area contributed by atoms with E-state index >= 15 is 52.7 Å². The van der Waals surface area contributed by atoms with Crippen LogP contribution in [0.25, 0.3) is 20.2 Å². The average molecular weight is 1500 g/mol. The molecule has 6 aliphatic heterocycles. The van der Waals surface area contributed by atoms with Crippen molar-refractivity contribution < 1.29 is 57.4 Å². The van der Waals surface area contributed by atoms with Crippen molar-refractivity contribution in [1.82, 2.24) is 0 Å². The molecule has 105 heavy (non-hydrogen) atoms. The third kappa shape index (κ3) is 9.03. The quantitative estimate of drug-likeness (QED) is 0.0837. The van der Waals surface area contributed by atoms with Gasteiger partial charge in [0.15, 0.2) is 0 Å². The van der Waals surface area contributed by atoms with Crippen LogP contribution in [0.1, 0.15) is 0 Å². The molecule has 0 saturated carbocycles. The van der Waals surface area contributed by atoms with E-state index in [2.05, 4.69) is 0 Å². The predicted octanol–water partition coefficient (Wildman–Crippen LogP) is 18.5. The largest absolute Gasteiger partial charge is 0.458 e. The lowest BCUT2D eigenvalue weighted by molar-refractivity contribution is 0.486. The molecule has 6 aliphatic rings. The second kappa shape index (κ2) is 23.4.